The number of hydrogen-bond donors (Lipinski definition) is 1. The monoisotopic (exact) mass is 373 g/mol. The van der Waals surface area contributed by atoms with Gasteiger partial charge in [0.2, 0.25) is 11.8 Å². The first-order chi connectivity index (χ1) is 12.9. The Labute approximate surface area is 161 Å². The molecule has 0 saturated carbocycles. The van der Waals surface area contributed by atoms with Crippen LogP contribution >= 0.6 is 0 Å². The van der Waals surface area contributed by atoms with Crippen LogP contribution in [0.4, 0.5) is 0 Å². The summed E-state index contributed by atoms with van der Waals surface area (Å²) in [4.78, 5) is 30.0. The quantitative estimate of drug-likeness (QED) is 0.865. The van der Waals surface area contributed by atoms with E-state index in [-0.39, 0.29) is 11.8 Å². The largest absolute Gasteiger partial charge is 0.381 e. The Morgan fingerprint density at radius 2 is 1.59 bits per heavy atom. The Kier molecular flexibility index (Phi) is 5.86. The molecule has 2 N–H and O–H groups in total. The van der Waals surface area contributed by atoms with E-state index in [4.69, 9.17) is 10.5 Å². The Morgan fingerprint density at radius 1 is 1.04 bits per heavy atom. The highest BCUT2D eigenvalue weighted by Crippen LogP contribution is 2.32. The van der Waals surface area contributed by atoms with E-state index in [1.807, 2.05) is 54.0 Å². The second-order valence-electron chi connectivity index (χ2n) is 8.17. The highest BCUT2D eigenvalue weighted by Gasteiger charge is 2.43. The first-order valence-corrected chi connectivity index (χ1v) is 9.83. The van der Waals surface area contributed by atoms with Gasteiger partial charge in [0.25, 0.3) is 0 Å². The van der Waals surface area contributed by atoms with Crippen molar-refractivity contribution in [2.75, 3.05) is 45.9 Å². The first kappa shape index (κ1) is 19.8. The van der Waals surface area contributed by atoms with E-state index in [2.05, 4.69) is 0 Å². The Morgan fingerprint density at radius 3 is 2.15 bits per heavy atom. The molecule has 0 atom stereocenters. The average Bonchev–Trinajstić information content (AvgIpc) is 2.74. The van der Waals surface area contributed by atoms with Crippen LogP contribution in [0.3, 0.4) is 0 Å². The van der Waals surface area contributed by atoms with E-state index >= 15 is 0 Å². The van der Waals surface area contributed by atoms with Crippen LogP contribution in [0.25, 0.3) is 0 Å². The molecule has 6 nitrogen and oxygen atoms in total. The van der Waals surface area contributed by atoms with Crippen LogP contribution in [0.1, 0.15) is 32.3 Å². The van der Waals surface area contributed by atoms with E-state index in [1.165, 1.54) is 0 Å². The second-order valence-corrected chi connectivity index (χ2v) is 8.17. The third-order valence-corrected chi connectivity index (χ3v) is 6.18. The highest BCUT2D eigenvalue weighted by atomic mass is 16.5. The molecule has 27 heavy (non-hydrogen) atoms. The third kappa shape index (κ3) is 3.87. The van der Waals surface area contributed by atoms with Gasteiger partial charge in [0, 0.05) is 45.9 Å². The summed E-state index contributed by atoms with van der Waals surface area (Å²) in [6.07, 6.45) is 1.37. The molecule has 0 radical (unpaired) electrons. The lowest BCUT2D eigenvalue weighted by molar-refractivity contribution is -0.152. The minimum Gasteiger partial charge on any atom is -0.381 e. The molecular weight excluding hydrogens is 342 g/mol. The van der Waals surface area contributed by atoms with Gasteiger partial charge >= 0.3 is 0 Å². The first-order valence-electron chi connectivity index (χ1n) is 9.83. The second kappa shape index (κ2) is 7.98. The van der Waals surface area contributed by atoms with Crippen molar-refractivity contribution in [3.8, 4) is 0 Å². The Hall–Kier alpha value is -1.92. The van der Waals surface area contributed by atoms with Crippen LogP contribution in [-0.4, -0.2) is 67.6 Å². The molecule has 148 valence electrons. The van der Waals surface area contributed by atoms with Gasteiger partial charge in [0.1, 0.15) is 0 Å². The van der Waals surface area contributed by atoms with Crippen LogP contribution in [-0.2, 0) is 19.7 Å². The summed E-state index contributed by atoms with van der Waals surface area (Å²) in [5.41, 5.74) is 5.92. The molecule has 2 aliphatic heterocycles. The number of nitrogens with two attached hydrogens (primary N) is 1. The zero-order chi connectivity index (χ0) is 19.5. The fourth-order valence-electron chi connectivity index (χ4n) is 4.09. The SMILES string of the molecule is CC(C)(C(=O)N1CCN(C(=O)C2(CN)CCOCC2)CC1)c1ccccc1. The van der Waals surface area contributed by atoms with Gasteiger partial charge in [-0.3, -0.25) is 9.59 Å². The fourth-order valence-corrected chi connectivity index (χ4v) is 4.09. The molecule has 1 aromatic rings. The molecule has 0 unspecified atom stereocenters. The van der Waals surface area contributed by atoms with Crippen molar-refractivity contribution >= 4 is 11.8 Å². The van der Waals surface area contributed by atoms with E-state index in [1.54, 1.807) is 0 Å². The predicted octanol–water partition coefficient (Wildman–Crippen LogP) is 1.39. The van der Waals surface area contributed by atoms with Crippen molar-refractivity contribution in [2.24, 2.45) is 11.1 Å². The predicted molar refractivity (Wildman–Crippen MR) is 104 cm³/mol. The zero-order valence-corrected chi connectivity index (χ0v) is 16.4. The van der Waals surface area contributed by atoms with Gasteiger partial charge in [0.15, 0.2) is 0 Å². The summed E-state index contributed by atoms with van der Waals surface area (Å²) in [6.45, 7) is 7.74. The minimum absolute atomic E-state index is 0.111. The van der Waals surface area contributed by atoms with Crippen LogP contribution < -0.4 is 5.73 Å². The van der Waals surface area contributed by atoms with Gasteiger partial charge in [-0.15, -0.1) is 0 Å². The summed E-state index contributed by atoms with van der Waals surface area (Å²) in [6, 6.07) is 9.86. The van der Waals surface area contributed by atoms with Crippen molar-refractivity contribution in [3.63, 3.8) is 0 Å². The summed E-state index contributed by atoms with van der Waals surface area (Å²) in [5, 5.41) is 0. The average molecular weight is 373 g/mol. The lowest BCUT2D eigenvalue weighted by Crippen LogP contribution is -2.58. The van der Waals surface area contributed by atoms with Crippen molar-refractivity contribution in [2.45, 2.75) is 32.1 Å². The van der Waals surface area contributed by atoms with Crippen molar-refractivity contribution in [3.05, 3.63) is 35.9 Å². The molecule has 2 aliphatic rings. The molecule has 2 fully saturated rings. The van der Waals surface area contributed by atoms with Gasteiger partial charge in [-0.05, 0) is 32.3 Å². The smallest absolute Gasteiger partial charge is 0.232 e. The number of ether oxygens (including phenoxy) is 1. The van der Waals surface area contributed by atoms with Gasteiger partial charge in [-0.2, -0.15) is 0 Å². The van der Waals surface area contributed by atoms with Gasteiger partial charge in [0.05, 0.1) is 10.8 Å². The van der Waals surface area contributed by atoms with E-state index in [0.29, 0.717) is 58.8 Å². The summed E-state index contributed by atoms with van der Waals surface area (Å²) in [7, 11) is 0. The number of rotatable bonds is 4. The number of amides is 2. The molecule has 3 rings (SSSR count). The number of benzene rings is 1. The van der Waals surface area contributed by atoms with E-state index in [9.17, 15) is 9.59 Å². The number of nitrogens with zero attached hydrogens (tertiary/aromatic N) is 2. The molecule has 0 spiro atoms. The maximum atomic E-state index is 13.1. The molecule has 2 heterocycles. The standard InChI is InChI=1S/C21H31N3O3/c1-20(2,17-6-4-3-5-7-17)18(25)23-10-12-24(13-11-23)19(26)21(16-22)8-14-27-15-9-21/h3-7H,8-16,22H2,1-2H3. The zero-order valence-electron chi connectivity index (χ0n) is 16.4. The third-order valence-electron chi connectivity index (χ3n) is 6.18. The number of hydrogen-bond acceptors (Lipinski definition) is 4. The number of carbonyl (C=O) groups is 2. The molecule has 0 aliphatic carbocycles. The minimum atomic E-state index is -0.577. The molecule has 0 bridgehead atoms. The number of carbonyl (C=O) groups excluding carboxylic acids is 2. The van der Waals surface area contributed by atoms with Crippen LogP contribution in [0, 0.1) is 5.41 Å². The Balaban J connectivity index is 1.63. The molecular formula is C21H31N3O3. The Bertz CT molecular complexity index is 661. The lowest BCUT2D eigenvalue weighted by atomic mass is 9.78. The molecule has 6 heteroatoms. The normalized spacial score (nSPS) is 20.4. The van der Waals surface area contributed by atoms with E-state index in [0.717, 1.165) is 5.56 Å². The van der Waals surface area contributed by atoms with Gasteiger partial charge in [-0.1, -0.05) is 30.3 Å². The van der Waals surface area contributed by atoms with Crippen LogP contribution in [0.2, 0.25) is 0 Å². The summed E-state index contributed by atoms with van der Waals surface area (Å²) in [5.74, 6) is 0.239. The summed E-state index contributed by atoms with van der Waals surface area (Å²) < 4.78 is 5.41. The van der Waals surface area contributed by atoms with Crippen LogP contribution in [0.5, 0.6) is 0 Å². The van der Waals surface area contributed by atoms with E-state index < -0.39 is 10.8 Å². The molecule has 2 amide bonds. The molecule has 2 saturated heterocycles. The maximum absolute atomic E-state index is 13.1. The highest BCUT2D eigenvalue weighted by molar-refractivity contribution is 5.88. The molecule has 0 aromatic heterocycles. The van der Waals surface area contributed by atoms with Crippen molar-refractivity contribution in [1.29, 1.82) is 0 Å². The number of piperazine rings is 1. The maximum Gasteiger partial charge on any atom is 0.232 e. The summed E-state index contributed by atoms with van der Waals surface area (Å²) >= 11 is 0. The topological polar surface area (TPSA) is 75.9 Å². The van der Waals surface area contributed by atoms with Gasteiger partial charge < -0.3 is 20.3 Å². The lowest BCUT2D eigenvalue weighted by Gasteiger charge is -2.43. The van der Waals surface area contributed by atoms with Gasteiger partial charge in [-0.25, -0.2) is 0 Å². The van der Waals surface area contributed by atoms with Crippen LogP contribution in [0.15, 0.2) is 30.3 Å². The fraction of sp³-hybridized carbons (Fsp3) is 0.619. The molecule has 1 aromatic carbocycles. The van der Waals surface area contributed by atoms with Crippen molar-refractivity contribution < 1.29 is 14.3 Å². The van der Waals surface area contributed by atoms with Crippen molar-refractivity contribution in [1.82, 2.24) is 9.80 Å².